The topological polar surface area (TPSA) is 53.1 Å². The molecule has 2 rings (SSSR count). The van der Waals surface area contributed by atoms with Gasteiger partial charge in [-0.3, -0.25) is 4.68 Å². The number of anilines is 1. The van der Waals surface area contributed by atoms with E-state index in [-0.39, 0.29) is 0 Å². The van der Waals surface area contributed by atoms with Crippen LogP contribution in [-0.2, 0) is 6.54 Å². The first-order valence-corrected chi connectivity index (χ1v) is 5.87. The van der Waals surface area contributed by atoms with Gasteiger partial charge in [-0.1, -0.05) is 6.07 Å². The number of ether oxygens (including phenoxy) is 1. The molecule has 1 aromatic carbocycles. The zero-order chi connectivity index (χ0) is 11.5. The Morgan fingerprint density at radius 3 is 2.94 bits per heavy atom. The SMILES string of the molecule is COc1cc(N)ccc1Cn1cc(I)cn1. The number of nitrogen functional groups attached to an aromatic ring is 1. The molecule has 1 heterocycles. The molecule has 0 atom stereocenters. The van der Waals surface area contributed by atoms with Crippen LogP contribution in [0, 0.1) is 3.57 Å². The molecule has 84 valence electrons. The molecule has 0 bridgehead atoms. The molecule has 4 nitrogen and oxygen atoms in total. The molecule has 1 aromatic heterocycles. The van der Waals surface area contributed by atoms with Crippen molar-refractivity contribution in [2.24, 2.45) is 0 Å². The number of hydrogen-bond donors (Lipinski definition) is 1. The van der Waals surface area contributed by atoms with E-state index in [9.17, 15) is 0 Å². The fourth-order valence-electron chi connectivity index (χ4n) is 1.49. The van der Waals surface area contributed by atoms with Crippen molar-refractivity contribution in [3.63, 3.8) is 0 Å². The van der Waals surface area contributed by atoms with Crippen LogP contribution in [0.15, 0.2) is 30.6 Å². The van der Waals surface area contributed by atoms with Crippen molar-refractivity contribution in [3.8, 4) is 5.75 Å². The molecule has 2 N–H and O–H groups in total. The van der Waals surface area contributed by atoms with Gasteiger partial charge in [0.05, 0.1) is 23.4 Å². The van der Waals surface area contributed by atoms with E-state index in [2.05, 4.69) is 27.7 Å². The van der Waals surface area contributed by atoms with Gasteiger partial charge in [0.2, 0.25) is 0 Å². The molecule has 5 heteroatoms. The first-order valence-electron chi connectivity index (χ1n) is 4.79. The standard InChI is InChI=1S/C11H12IN3O/c1-16-11-4-10(13)3-2-8(11)6-15-7-9(12)5-14-15/h2-5,7H,6,13H2,1H3. The predicted octanol–water partition coefficient (Wildman–Crippen LogP) is 2.13. The smallest absolute Gasteiger partial charge is 0.125 e. The maximum absolute atomic E-state index is 5.70. The van der Waals surface area contributed by atoms with Gasteiger partial charge in [-0.25, -0.2) is 0 Å². The molecule has 0 aliphatic carbocycles. The van der Waals surface area contributed by atoms with Crippen LogP contribution in [-0.4, -0.2) is 16.9 Å². The van der Waals surface area contributed by atoms with Gasteiger partial charge >= 0.3 is 0 Å². The predicted molar refractivity (Wildman–Crippen MR) is 71.5 cm³/mol. The molecule has 0 aliphatic rings. The van der Waals surface area contributed by atoms with Crippen molar-refractivity contribution in [2.45, 2.75) is 6.54 Å². The lowest BCUT2D eigenvalue weighted by atomic mass is 10.2. The first kappa shape index (κ1) is 11.3. The average Bonchev–Trinajstić information content (AvgIpc) is 2.67. The number of benzene rings is 1. The third-order valence-corrected chi connectivity index (χ3v) is 2.80. The molecule has 0 saturated heterocycles. The van der Waals surface area contributed by atoms with Gasteiger partial charge in [0.1, 0.15) is 5.75 Å². The van der Waals surface area contributed by atoms with Gasteiger partial charge in [-0.2, -0.15) is 5.10 Å². The number of nitrogens with two attached hydrogens (primary N) is 1. The number of hydrogen-bond acceptors (Lipinski definition) is 3. The average molecular weight is 329 g/mol. The second kappa shape index (κ2) is 4.73. The quantitative estimate of drug-likeness (QED) is 0.693. The van der Waals surface area contributed by atoms with Crippen LogP contribution in [0.3, 0.4) is 0 Å². The van der Waals surface area contributed by atoms with Gasteiger partial charge < -0.3 is 10.5 Å². The molecule has 0 aliphatic heterocycles. The summed E-state index contributed by atoms with van der Waals surface area (Å²) in [5.41, 5.74) is 7.47. The highest BCUT2D eigenvalue weighted by atomic mass is 127. The summed E-state index contributed by atoms with van der Waals surface area (Å²) in [5.74, 6) is 0.797. The second-order valence-electron chi connectivity index (χ2n) is 3.43. The minimum atomic E-state index is 0.687. The highest BCUT2D eigenvalue weighted by Gasteiger charge is 2.05. The van der Waals surface area contributed by atoms with Crippen LogP contribution < -0.4 is 10.5 Å². The van der Waals surface area contributed by atoms with Gasteiger partial charge in [0.15, 0.2) is 0 Å². The summed E-state index contributed by atoms with van der Waals surface area (Å²) < 4.78 is 8.27. The van der Waals surface area contributed by atoms with Crippen LogP contribution in [0.2, 0.25) is 0 Å². The Labute approximate surface area is 108 Å². The molecule has 0 fully saturated rings. The lowest BCUT2D eigenvalue weighted by molar-refractivity contribution is 0.407. The van der Waals surface area contributed by atoms with Crippen molar-refractivity contribution >= 4 is 28.3 Å². The van der Waals surface area contributed by atoms with Crippen molar-refractivity contribution in [1.82, 2.24) is 9.78 Å². The minimum Gasteiger partial charge on any atom is -0.496 e. The van der Waals surface area contributed by atoms with E-state index in [1.165, 1.54) is 0 Å². The molecule has 0 unspecified atom stereocenters. The monoisotopic (exact) mass is 329 g/mol. The van der Waals surface area contributed by atoms with E-state index < -0.39 is 0 Å². The van der Waals surface area contributed by atoms with Crippen LogP contribution >= 0.6 is 22.6 Å². The maximum Gasteiger partial charge on any atom is 0.125 e. The van der Waals surface area contributed by atoms with Gasteiger partial charge in [0.25, 0.3) is 0 Å². The summed E-state index contributed by atoms with van der Waals surface area (Å²) in [6.45, 7) is 0.687. The lowest BCUT2D eigenvalue weighted by Crippen LogP contribution is -2.02. The third kappa shape index (κ3) is 2.46. The third-order valence-electron chi connectivity index (χ3n) is 2.25. The van der Waals surface area contributed by atoms with Crippen molar-refractivity contribution in [1.29, 1.82) is 0 Å². The zero-order valence-electron chi connectivity index (χ0n) is 8.85. The van der Waals surface area contributed by atoms with Crippen molar-refractivity contribution in [3.05, 3.63) is 39.7 Å². The fourth-order valence-corrected chi connectivity index (χ4v) is 1.94. The summed E-state index contributed by atoms with van der Waals surface area (Å²) in [4.78, 5) is 0. The van der Waals surface area contributed by atoms with E-state index in [0.29, 0.717) is 12.2 Å². The normalized spacial score (nSPS) is 10.4. The van der Waals surface area contributed by atoms with E-state index in [0.717, 1.165) is 14.9 Å². The summed E-state index contributed by atoms with van der Waals surface area (Å²) in [6.07, 6.45) is 3.81. The summed E-state index contributed by atoms with van der Waals surface area (Å²) in [7, 11) is 1.64. The molecular weight excluding hydrogens is 317 g/mol. The van der Waals surface area contributed by atoms with Crippen molar-refractivity contribution < 1.29 is 4.74 Å². The molecule has 0 saturated carbocycles. The first-order chi connectivity index (χ1) is 7.69. The number of rotatable bonds is 3. The fraction of sp³-hybridized carbons (Fsp3) is 0.182. The Balaban J connectivity index is 2.27. The minimum absolute atomic E-state index is 0.687. The highest BCUT2D eigenvalue weighted by molar-refractivity contribution is 14.1. The lowest BCUT2D eigenvalue weighted by Gasteiger charge is -2.09. The Kier molecular flexibility index (Phi) is 3.33. The Bertz CT molecular complexity index is 496. The number of nitrogens with zero attached hydrogens (tertiary/aromatic N) is 2. The van der Waals surface area contributed by atoms with Gasteiger partial charge in [-0.05, 0) is 28.7 Å². The van der Waals surface area contributed by atoms with E-state index in [4.69, 9.17) is 10.5 Å². The van der Waals surface area contributed by atoms with Crippen molar-refractivity contribution in [2.75, 3.05) is 12.8 Å². The van der Waals surface area contributed by atoms with Crippen LogP contribution in [0.1, 0.15) is 5.56 Å². The summed E-state index contributed by atoms with van der Waals surface area (Å²) in [6, 6.07) is 5.65. The van der Waals surface area contributed by atoms with E-state index in [1.54, 1.807) is 7.11 Å². The molecule has 0 spiro atoms. The largest absolute Gasteiger partial charge is 0.496 e. The van der Waals surface area contributed by atoms with Crippen LogP contribution in [0.25, 0.3) is 0 Å². The zero-order valence-corrected chi connectivity index (χ0v) is 11.0. The number of aromatic nitrogens is 2. The van der Waals surface area contributed by atoms with Gasteiger partial charge in [0, 0.05) is 23.5 Å². The molecule has 2 aromatic rings. The number of halogens is 1. The Hall–Kier alpha value is -1.24. The molecular formula is C11H12IN3O. The van der Waals surface area contributed by atoms with Crippen LogP contribution in [0.5, 0.6) is 5.75 Å². The number of methoxy groups -OCH3 is 1. The van der Waals surface area contributed by atoms with Gasteiger partial charge in [-0.15, -0.1) is 0 Å². The highest BCUT2D eigenvalue weighted by Crippen LogP contribution is 2.22. The molecule has 0 amide bonds. The van der Waals surface area contributed by atoms with E-state index >= 15 is 0 Å². The van der Waals surface area contributed by atoms with E-state index in [1.807, 2.05) is 35.3 Å². The Morgan fingerprint density at radius 1 is 1.50 bits per heavy atom. The Morgan fingerprint density at radius 2 is 2.31 bits per heavy atom. The van der Waals surface area contributed by atoms with Crippen LogP contribution in [0.4, 0.5) is 5.69 Å². The maximum atomic E-state index is 5.70. The molecule has 0 radical (unpaired) electrons. The molecule has 16 heavy (non-hydrogen) atoms. The second-order valence-corrected chi connectivity index (χ2v) is 4.67. The summed E-state index contributed by atoms with van der Waals surface area (Å²) in [5, 5.41) is 4.23. The summed E-state index contributed by atoms with van der Waals surface area (Å²) >= 11 is 2.23.